The molecule has 1 nitrogen and oxygen atoms in total. The summed E-state index contributed by atoms with van der Waals surface area (Å²) in [5.74, 6) is 0. The van der Waals surface area contributed by atoms with Crippen LogP contribution in [-0.4, -0.2) is 6.54 Å². The minimum Gasteiger partial charge on any atom is -0.384 e. The molecular formula is C13H12ClNS. The van der Waals surface area contributed by atoms with Gasteiger partial charge in [0.25, 0.3) is 0 Å². The molecule has 2 heterocycles. The lowest BCUT2D eigenvalue weighted by atomic mass is 9.98. The van der Waals surface area contributed by atoms with Gasteiger partial charge < -0.3 is 5.32 Å². The molecule has 0 fully saturated rings. The van der Waals surface area contributed by atoms with Gasteiger partial charge in [-0.3, -0.25) is 0 Å². The van der Waals surface area contributed by atoms with Crippen LogP contribution < -0.4 is 5.32 Å². The number of rotatable bonds is 1. The summed E-state index contributed by atoms with van der Waals surface area (Å²) in [7, 11) is 0. The Bertz CT molecular complexity index is 505. The summed E-state index contributed by atoms with van der Waals surface area (Å²) >= 11 is 7.93. The number of nitrogens with one attached hydrogen (secondary N) is 1. The second kappa shape index (κ2) is 4.11. The molecule has 82 valence electrons. The molecule has 0 saturated heterocycles. The van der Waals surface area contributed by atoms with Gasteiger partial charge in [0, 0.05) is 27.7 Å². The van der Waals surface area contributed by atoms with Crippen LogP contribution in [0.5, 0.6) is 0 Å². The standard InChI is InChI=1S/C13H12ClNS/c14-10-7-9-3-1-5-15-13(9)11(8-10)12-4-2-6-16-12/h2,4,6-8,15H,1,3,5H2. The van der Waals surface area contributed by atoms with E-state index in [1.807, 2.05) is 0 Å². The lowest BCUT2D eigenvalue weighted by Crippen LogP contribution is -2.12. The summed E-state index contributed by atoms with van der Waals surface area (Å²) in [5.41, 5.74) is 3.87. The second-order valence-electron chi connectivity index (χ2n) is 4.00. The van der Waals surface area contributed by atoms with Gasteiger partial charge in [0.05, 0.1) is 0 Å². The third kappa shape index (κ3) is 1.72. The Hall–Kier alpha value is -0.990. The highest BCUT2D eigenvalue weighted by atomic mass is 35.5. The Morgan fingerprint density at radius 1 is 1.31 bits per heavy atom. The van der Waals surface area contributed by atoms with E-state index in [0.29, 0.717) is 0 Å². The minimum atomic E-state index is 0.839. The maximum Gasteiger partial charge on any atom is 0.0461 e. The molecule has 16 heavy (non-hydrogen) atoms. The number of halogens is 1. The van der Waals surface area contributed by atoms with E-state index in [4.69, 9.17) is 11.6 Å². The predicted octanol–water partition coefficient (Wildman–Crippen LogP) is 4.43. The fourth-order valence-electron chi connectivity index (χ4n) is 2.19. The van der Waals surface area contributed by atoms with Crippen LogP contribution in [0.2, 0.25) is 5.02 Å². The monoisotopic (exact) mass is 249 g/mol. The zero-order chi connectivity index (χ0) is 11.0. The van der Waals surface area contributed by atoms with Crippen LogP contribution in [-0.2, 0) is 6.42 Å². The van der Waals surface area contributed by atoms with Gasteiger partial charge in [0.15, 0.2) is 0 Å². The van der Waals surface area contributed by atoms with Crippen molar-refractivity contribution >= 4 is 28.6 Å². The quantitative estimate of drug-likeness (QED) is 0.789. The highest BCUT2D eigenvalue weighted by Crippen LogP contribution is 2.38. The van der Waals surface area contributed by atoms with E-state index in [1.54, 1.807) is 11.3 Å². The maximum absolute atomic E-state index is 6.18. The maximum atomic E-state index is 6.18. The smallest absolute Gasteiger partial charge is 0.0461 e. The van der Waals surface area contributed by atoms with Crippen molar-refractivity contribution in [3.8, 4) is 10.4 Å². The van der Waals surface area contributed by atoms with Crippen LogP contribution in [0.15, 0.2) is 29.6 Å². The first-order valence-electron chi connectivity index (χ1n) is 5.45. The molecule has 0 spiro atoms. The van der Waals surface area contributed by atoms with Crippen LogP contribution in [0, 0.1) is 0 Å². The summed E-state index contributed by atoms with van der Waals surface area (Å²) in [5, 5.41) is 6.44. The Kier molecular flexibility index (Phi) is 2.62. The van der Waals surface area contributed by atoms with Crippen molar-refractivity contribution < 1.29 is 0 Å². The molecule has 0 radical (unpaired) electrons. The Morgan fingerprint density at radius 2 is 2.25 bits per heavy atom. The largest absolute Gasteiger partial charge is 0.384 e. The number of aryl methyl sites for hydroxylation is 1. The third-order valence-electron chi connectivity index (χ3n) is 2.90. The van der Waals surface area contributed by atoms with E-state index >= 15 is 0 Å². The van der Waals surface area contributed by atoms with Gasteiger partial charge in [-0.1, -0.05) is 17.7 Å². The number of fused-ring (bicyclic) bond motifs is 1. The van der Waals surface area contributed by atoms with Crippen LogP contribution in [0.1, 0.15) is 12.0 Å². The molecule has 0 bridgehead atoms. The van der Waals surface area contributed by atoms with Crippen molar-refractivity contribution in [1.29, 1.82) is 0 Å². The van der Waals surface area contributed by atoms with E-state index in [0.717, 1.165) is 18.0 Å². The Morgan fingerprint density at radius 3 is 3.06 bits per heavy atom. The van der Waals surface area contributed by atoms with E-state index in [2.05, 4.69) is 35.0 Å². The Balaban J connectivity index is 2.20. The lowest BCUT2D eigenvalue weighted by Gasteiger charge is -2.21. The summed E-state index contributed by atoms with van der Waals surface area (Å²) in [4.78, 5) is 1.29. The third-order valence-corrected chi connectivity index (χ3v) is 4.02. The highest BCUT2D eigenvalue weighted by Gasteiger charge is 2.15. The molecule has 1 aliphatic rings. The molecule has 1 aliphatic heterocycles. The van der Waals surface area contributed by atoms with Gasteiger partial charge in [0.2, 0.25) is 0 Å². The van der Waals surface area contributed by atoms with E-state index < -0.39 is 0 Å². The fraction of sp³-hybridized carbons (Fsp3) is 0.231. The van der Waals surface area contributed by atoms with Crippen LogP contribution in [0.4, 0.5) is 5.69 Å². The van der Waals surface area contributed by atoms with Crippen LogP contribution >= 0.6 is 22.9 Å². The van der Waals surface area contributed by atoms with Crippen molar-refractivity contribution in [3.05, 3.63) is 40.2 Å². The molecule has 0 saturated carbocycles. The van der Waals surface area contributed by atoms with Crippen molar-refractivity contribution in [2.24, 2.45) is 0 Å². The molecule has 1 N–H and O–H groups in total. The first-order valence-corrected chi connectivity index (χ1v) is 6.70. The van der Waals surface area contributed by atoms with Crippen molar-refractivity contribution in [2.75, 3.05) is 11.9 Å². The molecule has 3 heteroatoms. The van der Waals surface area contributed by atoms with Gasteiger partial charge in [-0.25, -0.2) is 0 Å². The summed E-state index contributed by atoms with van der Waals surface area (Å²) in [6.07, 6.45) is 2.32. The second-order valence-corrected chi connectivity index (χ2v) is 5.38. The molecule has 2 aromatic rings. The van der Waals surface area contributed by atoms with Crippen molar-refractivity contribution in [1.82, 2.24) is 0 Å². The molecule has 0 amide bonds. The van der Waals surface area contributed by atoms with Gasteiger partial charge in [0.1, 0.15) is 0 Å². The molecular weight excluding hydrogens is 238 g/mol. The number of anilines is 1. The fourth-order valence-corrected chi connectivity index (χ4v) is 3.18. The summed E-state index contributed by atoms with van der Waals surface area (Å²) in [6.45, 7) is 1.06. The van der Waals surface area contributed by atoms with Gasteiger partial charge in [-0.2, -0.15) is 0 Å². The number of benzene rings is 1. The molecule has 1 aromatic carbocycles. The first-order chi connectivity index (χ1) is 7.84. The van der Waals surface area contributed by atoms with Crippen LogP contribution in [0.25, 0.3) is 10.4 Å². The van der Waals surface area contributed by atoms with Gasteiger partial charge >= 0.3 is 0 Å². The normalized spacial score (nSPS) is 14.3. The van der Waals surface area contributed by atoms with E-state index in [1.165, 1.54) is 28.1 Å². The zero-order valence-corrected chi connectivity index (χ0v) is 10.4. The average molecular weight is 250 g/mol. The SMILES string of the molecule is Clc1cc2c(c(-c3cccs3)c1)NCCC2. The number of hydrogen-bond acceptors (Lipinski definition) is 2. The number of hydrogen-bond donors (Lipinski definition) is 1. The highest BCUT2D eigenvalue weighted by molar-refractivity contribution is 7.13. The van der Waals surface area contributed by atoms with E-state index in [-0.39, 0.29) is 0 Å². The molecule has 0 unspecified atom stereocenters. The molecule has 3 rings (SSSR count). The molecule has 1 aromatic heterocycles. The zero-order valence-electron chi connectivity index (χ0n) is 8.79. The predicted molar refractivity (Wildman–Crippen MR) is 71.6 cm³/mol. The lowest BCUT2D eigenvalue weighted by molar-refractivity contribution is 0.831. The number of thiophene rings is 1. The van der Waals surface area contributed by atoms with Gasteiger partial charge in [-0.05, 0) is 42.0 Å². The molecule has 0 atom stereocenters. The molecule has 0 aliphatic carbocycles. The van der Waals surface area contributed by atoms with Crippen molar-refractivity contribution in [3.63, 3.8) is 0 Å². The first kappa shape index (κ1) is 10.2. The topological polar surface area (TPSA) is 12.0 Å². The van der Waals surface area contributed by atoms with E-state index in [9.17, 15) is 0 Å². The van der Waals surface area contributed by atoms with Gasteiger partial charge in [-0.15, -0.1) is 11.3 Å². The van der Waals surface area contributed by atoms with Crippen molar-refractivity contribution in [2.45, 2.75) is 12.8 Å². The summed E-state index contributed by atoms with van der Waals surface area (Å²) < 4.78 is 0. The Labute approximate surface area is 104 Å². The summed E-state index contributed by atoms with van der Waals surface area (Å²) in [6, 6.07) is 8.37. The van der Waals surface area contributed by atoms with Crippen LogP contribution in [0.3, 0.4) is 0 Å². The minimum absolute atomic E-state index is 0.839. The average Bonchev–Trinajstić information content (AvgIpc) is 2.81.